The van der Waals surface area contributed by atoms with Crippen LogP contribution >= 0.6 is 11.3 Å². The SMILES string of the molecule is CC1(C)CC(=O)c2cc(C(=O)Nc3nc(-c4ccccc4)c(CN4CCOCC4)s3)ccc2O1. The first-order valence-corrected chi connectivity index (χ1v) is 12.2. The molecule has 5 rings (SSSR count). The Morgan fingerprint density at radius 3 is 2.68 bits per heavy atom. The minimum Gasteiger partial charge on any atom is -0.487 e. The molecule has 7 nitrogen and oxygen atoms in total. The molecule has 176 valence electrons. The van der Waals surface area contributed by atoms with Crippen LogP contribution in [0, 0.1) is 0 Å². The number of ketones is 1. The maximum atomic E-state index is 13.1. The summed E-state index contributed by atoms with van der Waals surface area (Å²) in [6, 6.07) is 15.0. The van der Waals surface area contributed by atoms with Crippen LogP contribution in [0.3, 0.4) is 0 Å². The Labute approximate surface area is 202 Å². The van der Waals surface area contributed by atoms with Crippen molar-refractivity contribution in [2.75, 3.05) is 31.6 Å². The molecule has 8 heteroatoms. The van der Waals surface area contributed by atoms with E-state index in [-0.39, 0.29) is 18.1 Å². The van der Waals surface area contributed by atoms with Crippen molar-refractivity contribution in [1.82, 2.24) is 9.88 Å². The van der Waals surface area contributed by atoms with Crippen LogP contribution in [0.2, 0.25) is 0 Å². The van der Waals surface area contributed by atoms with Crippen LogP contribution < -0.4 is 10.1 Å². The molecule has 0 unspecified atom stereocenters. The van der Waals surface area contributed by atoms with Gasteiger partial charge in [0, 0.05) is 35.6 Å². The third-order valence-corrected chi connectivity index (χ3v) is 6.91. The molecule has 1 aromatic heterocycles. The first-order valence-electron chi connectivity index (χ1n) is 11.4. The van der Waals surface area contributed by atoms with Gasteiger partial charge in [0.2, 0.25) is 0 Å². The van der Waals surface area contributed by atoms with E-state index in [2.05, 4.69) is 10.2 Å². The average molecular weight is 478 g/mol. The highest BCUT2D eigenvalue weighted by molar-refractivity contribution is 7.16. The number of nitrogens with zero attached hydrogens (tertiary/aromatic N) is 2. The minimum atomic E-state index is -0.542. The number of morpholine rings is 1. The summed E-state index contributed by atoms with van der Waals surface area (Å²) < 4.78 is 11.4. The third-order valence-electron chi connectivity index (χ3n) is 5.95. The molecule has 1 fully saturated rings. The third kappa shape index (κ3) is 4.89. The van der Waals surface area contributed by atoms with Crippen molar-refractivity contribution in [2.45, 2.75) is 32.4 Å². The quantitative estimate of drug-likeness (QED) is 0.577. The highest BCUT2D eigenvalue weighted by Gasteiger charge is 2.33. The van der Waals surface area contributed by atoms with E-state index in [1.54, 1.807) is 18.2 Å². The molecular formula is C26H27N3O4S. The highest BCUT2D eigenvalue weighted by atomic mass is 32.1. The molecule has 0 atom stereocenters. The lowest BCUT2D eigenvalue weighted by Gasteiger charge is -2.31. The van der Waals surface area contributed by atoms with Crippen molar-refractivity contribution in [3.63, 3.8) is 0 Å². The number of amides is 1. The highest BCUT2D eigenvalue weighted by Crippen LogP contribution is 2.35. The minimum absolute atomic E-state index is 0.0192. The Hall–Kier alpha value is -3.07. The molecule has 1 saturated heterocycles. The van der Waals surface area contributed by atoms with Crippen LogP contribution in [0.15, 0.2) is 48.5 Å². The lowest BCUT2D eigenvalue weighted by Crippen LogP contribution is -2.36. The summed E-state index contributed by atoms with van der Waals surface area (Å²) in [5, 5.41) is 3.47. The maximum Gasteiger partial charge on any atom is 0.257 e. The Morgan fingerprint density at radius 2 is 1.91 bits per heavy atom. The molecule has 0 bridgehead atoms. The summed E-state index contributed by atoms with van der Waals surface area (Å²) in [6.45, 7) is 7.71. The van der Waals surface area contributed by atoms with Gasteiger partial charge in [-0.1, -0.05) is 41.7 Å². The maximum absolute atomic E-state index is 13.1. The number of carbonyl (C=O) groups is 2. The van der Waals surface area contributed by atoms with E-state index in [1.807, 2.05) is 44.2 Å². The summed E-state index contributed by atoms with van der Waals surface area (Å²) in [5.74, 6) is 0.201. The molecule has 2 aromatic carbocycles. The van der Waals surface area contributed by atoms with Crippen molar-refractivity contribution in [1.29, 1.82) is 0 Å². The van der Waals surface area contributed by atoms with Crippen molar-refractivity contribution < 1.29 is 19.1 Å². The zero-order valence-corrected chi connectivity index (χ0v) is 20.1. The van der Waals surface area contributed by atoms with E-state index in [9.17, 15) is 9.59 Å². The first kappa shape index (κ1) is 22.7. The number of carbonyl (C=O) groups excluding carboxylic acids is 2. The Bertz CT molecular complexity index is 1220. The van der Waals surface area contributed by atoms with Gasteiger partial charge in [-0.25, -0.2) is 4.98 Å². The van der Waals surface area contributed by atoms with Crippen LogP contribution in [0.5, 0.6) is 5.75 Å². The topological polar surface area (TPSA) is 80.8 Å². The van der Waals surface area contributed by atoms with Crippen LogP contribution in [-0.2, 0) is 11.3 Å². The predicted molar refractivity (Wildman–Crippen MR) is 132 cm³/mol. The van der Waals surface area contributed by atoms with Crippen LogP contribution in [0.1, 0.15) is 45.9 Å². The van der Waals surface area contributed by atoms with E-state index < -0.39 is 5.60 Å². The van der Waals surface area contributed by atoms with Gasteiger partial charge in [0.1, 0.15) is 11.4 Å². The summed E-state index contributed by atoms with van der Waals surface area (Å²) in [7, 11) is 0. The van der Waals surface area contributed by atoms with Gasteiger partial charge in [-0.2, -0.15) is 0 Å². The van der Waals surface area contributed by atoms with Crippen molar-refractivity contribution in [3.8, 4) is 17.0 Å². The van der Waals surface area contributed by atoms with Crippen LogP contribution in [0.4, 0.5) is 5.13 Å². The van der Waals surface area contributed by atoms with Gasteiger partial charge < -0.3 is 9.47 Å². The van der Waals surface area contributed by atoms with Gasteiger partial charge in [0.15, 0.2) is 10.9 Å². The second kappa shape index (κ2) is 9.29. The molecule has 1 amide bonds. The largest absolute Gasteiger partial charge is 0.487 e. The van der Waals surface area contributed by atoms with Crippen molar-refractivity contribution in [3.05, 3.63) is 64.5 Å². The monoisotopic (exact) mass is 477 g/mol. The molecule has 3 aromatic rings. The number of benzene rings is 2. The number of Topliss-reactive ketones (excluding diaryl/α,β-unsaturated/α-hetero) is 1. The second-order valence-electron chi connectivity index (χ2n) is 9.17. The normalized spacial score (nSPS) is 17.6. The van der Waals surface area contributed by atoms with Gasteiger partial charge in [-0.3, -0.25) is 19.8 Å². The molecule has 2 aliphatic heterocycles. The molecule has 0 saturated carbocycles. The number of hydrogen-bond donors (Lipinski definition) is 1. The van der Waals surface area contributed by atoms with Crippen molar-refractivity contribution in [2.24, 2.45) is 0 Å². The zero-order valence-electron chi connectivity index (χ0n) is 19.3. The van der Waals surface area contributed by atoms with E-state index >= 15 is 0 Å². The number of nitrogens with one attached hydrogen (secondary N) is 1. The van der Waals surface area contributed by atoms with Gasteiger partial charge in [0.05, 0.1) is 30.9 Å². The molecule has 34 heavy (non-hydrogen) atoms. The number of rotatable bonds is 5. The number of aromatic nitrogens is 1. The van der Waals surface area contributed by atoms with Crippen LogP contribution in [0.25, 0.3) is 11.3 Å². The smallest absolute Gasteiger partial charge is 0.257 e. The van der Waals surface area contributed by atoms with Gasteiger partial charge in [-0.05, 0) is 32.0 Å². The van der Waals surface area contributed by atoms with Gasteiger partial charge >= 0.3 is 0 Å². The lowest BCUT2D eigenvalue weighted by molar-refractivity contribution is 0.0347. The lowest BCUT2D eigenvalue weighted by atomic mass is 9.92. The fraction of sp³-hybridized carbons (Fsp3) is 0.346. The zero-order chi connectivity index (χ0) is 23.7. The summed E-state index contributed by atoms with van der Waals surface area (Å²) in [4.78, 5) is 33.9. The molecule has 2 aliphatic rings. The molecular weight excluding hydrogens is 450 g/mol. The Morgan fingerprint density at radius 1 is 1.15 bits per heavy atom. The van der Waals surface area contributed by atoms with E-state index in [0.29, 0.717) is 22.0 Å². The van der Waals surface area contributed by atoms with Gasteiger partial charge in [0.25, 0.3) is 5.91 Å². The molecule has 1 N–H and O–H groups in total. The molecule has 0 spiro atoms. The fourth-order valence-corrected chi connectivity index (χ4v) is 5.28. The standard InChI is InChI=1S/C26H27N3O4S/c1-26(2)15-20(30)19-14-18(8-9-21(19)33-26)24(31)28-25-27-23(17-6-4-3-5-7-17)22(34-25)16-29-10-12-32-13-11-29/h3-9,14H,10-13,15-16H2,1-2H3,(H,27,28,31). The van der Waals surface area contributed by atoms with Crippen molar-refractivity contribution >= 4 is 28.2 Å². The summed E-state index contributed by atoms with van der Waals surface area (Å²) >= 11 is 1.48. The number of thiazole rings is 1. The first-order chi connectivity index (χ1) is 16.4. The fourth-order valence-electron chi connectivity index (χ4n) is 4.26. The molecule has 3 heterocycles. The van der Waals surface area contributed by atoms with Crippen LogP contribution in [-0.4, -0.2) is 53.5 Å². The van der Waals surface area contributed by atoms with E-state index in [0.717, 1.165) is 49.0 Å². The number of hydrogen-bond acceptors (Lipinski definition) is 7. The van der Waals surface area contributed by atoms with E-state index in [1.165, 1.54) is 11.3 Å². The molecule has 0 aliphatic carbocycles. The second-order valence-corrected chi connectivity index (χ2v) is 10.3. The molecule has 0 radical (unpaired) electrons. The van der Waals surface area contributed by atoms with Gasteiger partial charge in [-0.15, -0.1) is 0 Å². The summed E-state index contributed by atoms with van der Waals surface area (Å²) in [5.41, 5.74) is 2.20. The Balaban J connectivity index is 1.39. The number of fused-ring (bicyclic) bond motifs is 1. The summed E-state index contributed by atoms with van der Waals surface area (Å²) in [6.07, 6.45) is 0.281. The average Bonchev–Trinajstić information content (AvgIpc) is 3.21. The predicted octanol–water partition coefficient (Wildman–Crippen LogP) is 4.64. The number of ether oxygens (including phenoxy) is 2. The number of anilines is 1. The Kier molecular flexibility index (Phi) is 6.20. The van der Waals surface area contributed by atoms with E-state index in [4.69, 9.17) is 14.5 Å².